The molecular formula is C17H25N5O2. The number of aromatic nitrogens is 3. The molecule has 1 N–H and O–H groups in total. The number of hydrogen-bond acceptors (Lipinski definition) is 6. The monoisotopic (exact) mass is 331 g/mol. The Labute approximate surface area is 141 Å². The second-order valence-electron chi connectivity index (χ2n) is 7.01. The standard InChI is InChI=1S/C17H25N5O2/c23-17-3-7-21(12-17)10-15-11-22(19-18-15)16-1-5-20(6-2-16)9-14-4-8-24-13-14/h4,8,11,13,16-17,23H,1-3,5-7,9-10,12H2/t17-/m1/s1. The average Bonchev–Trinajstić information content (AvgIpc) is 3.32. The van der Waals surface area contributed by atoms with Crippen LogP contribution in [0.25, 0.3) is 0 Å². The molecule has 1 atom stereocenters. The molecule has 0 radical (unpaired) electrons. The number of rotatable bonds is 5. The summed E-state index contributed by atoms with van der Waals surface area (Å²) in [5.41, 5.74) is 2.24. The highest BCUT2D eigenvalue weighted by molar-refractivity contribution is 5.05. The lowest BCUT2D eigenvalue weighted by Gasteiger charge is -2.31. The maximum absolute atomic E-state index is 9.61. The van der Waals surface area contributed by atoms with Crippen LogP contribution >= 0.6 is 0 Å². The molecule has 0 bridgehead atoms. The number of aliphatic hydroxyl groups excluding tert-OH is 1. The first-order valence-corrected chi connectivity index (χ1v) is 8.81. The molecule has 0 spiro atoms. The topological polar surface area (TPSA) is 70.6 Å². The molecule has 2 aliphatic rings. The van der Waals surface area contributed by atoms with Crippen molar-refractivity contribution in [2.24, 2.45) is 0 Å². The largest absolute Gasteiger partial charge is 0.472 e. The van der Waals surface area contributed by atoms with Crippen LogP contribution in [0, 0.1) is 0 Å². The minimum absolute atomic E-state index is 0.181. The van der Waals surface area contributed by atoms with Crippen molar-refractivity contribution in [2.75, 3.05) is 26.2 Å². The molecule has 0 saturated carbocycles. The van der Waals surface area contributed by atoms with Crippen LogP contribution in [0.2, 0.25) is 0 Å². The van der Waals surface area contributed by atoms with E-state index in [1.54, 1.807) is 6.26 Å². The molecular weight excluding hydrogens is 306 g/mol. The second-order valence-corrected chi connectivity index (χ2v) is 7.01. The van der Waals surface area contributed by atoms with E-state index in [4.69, 9.17) is 4.42 Å². The zero-order valence-electron chi connectivity index (χ0n) is 13.9. The fourth-order valence-corrected chi connectivity index (χ4v) is 3.73. The Morgan fingerprint density at radius 1 is 1.12 bits per heavy atom. The van der Waals surface area contributed by atoms with E-state index < -0.39 is 0 Å². The highest BCUT2D eigenvalue weighted by Crippen LogP contribution is 2.23. The number of hydrogen-bond donors (Lipinski definition) is 1. The third kappa shape index (κ3) is 3.68. The molecule has 4 rings (SSSR count). The Morgan fingerprint density at radius 2 is 1.96 bits per heavy atom. The molecule has 0 aliphatic carbocycles. The van der Waals surface area contributed by atoms with Gasteiger partial charge in [0.05, 0.1) is 36.6 Å². The van der Waals surface area contributed by atoms with Gasteiger partial charge in [-0.1, -0.05) is 5.21 Å². The van der Waals surface area contributed by atoms with E-state index >= 15 is 0 Å². The predicted molar refractivity (Wildman–Crippen MR) is 88.2 cm³/mol. The quantitative estimate of drug-likeness (QED) is 0.890. The van der Waals surface area contributed by atoms with Gasteiger partial charge >= 0.3 is 0 Å². The summed E-state index contributed by atoms with van der Waals surface area (Å²) < 4.78 is 7.18. The van der Waals surface area contributed by atoms with Gasteiger partial charge in [-0.25, -0.2) is 4.68 Å². The van der Waals surface area contributed by atoms with E-state index in [0.717, 1.165) is 64.2 Å². The maximum atomic E-state index is 9.61. The maximum Gasteiger partial charge on any atom is 0.0967 e. The smallest absolute Gasteiger partial charge is 0.0967 e. The van der Waals surface area contributed by atoms with E-state index in [1.165, 1.54) is 5.56 Å². The molecule has 0 unspecified atom stereocenters. The van der Waals surface area contributed by atoms with Gasteiger partial charge in [0.1, 0.15) is 0 Å². The average molecular weight is 331 g/mol. The molecule has 2 fully saturated rings. The minimum atomic E-state index is -0.181. The lowest BCUT2D eigenvalue weighted by atomic mass is 10.0. The molecule has 4 heterocycles. The molecule has 2 saturated heterocycles. The molecule has 0 aromatic carbocycles. The lowest BCUT2D eigenvalue weighted by Crippen LogP contribution is -2.34. The summed E-state index contributed by atoms with van der Waals surface area (Å²) in [6.07, 6.45) is 8.53. The first kappa shape index (κ1) is 15.8. The van der Waals surface area contributed by atoms with Crippen molar-refractivity contribution in [1.29, 1.82) is 0 Å². The number of aliphatic hydroxyl groups is 1. The van der Waals surface area contributed by atoms with Crippen molar-refractivity contribution in [3.05, 3.63) is 36.0 Å². The predicted octanol–water partition coefficient (Wildman–Crippen LogP) is 1.27. The van der Waals surface area contributed by atoms with Gasteiger partial charge in [0, 0.05) is 44.8 Å². The van der Waals surface area contributed by atoms with Crippen LogP contribution in [-0.4, -0.2) is 62.2 Å². The highest BCUT2D eigenvalue weighted by Gasteiger charge is 2.24. The molecule has 130 valence electrons. The zero-order chi connectivity index (χ0) is 16.4. The minimum Gasteiger partial charge on any atom is -0.472 e. The Bertz CT molecular complexity index is 633. The van der Waals surface area contributed by atoms with Crippen LogP contribution in [0.15, 0.2) is 29.2 Å². The molecule has 2 aromatic heterocycles. The van der Waals surface area contributed by atoms with Crippen LogP contribution in [0.3, 0.4) is 0 Å². The van der Waals surface area contributed by atoms with E-state index in [2.05, 4.69) is 26.3 Å². The number of nitrogens with zero attached hydrogens (tertiary/aromatic N) is 5. The normalized spacial score (nSPS) is 24.0. The van der Waals surface area contributed by atoms with Crippen LogP contribution in [0.5, 0.6) is 0 Å². The molecule has 2 aliphatic heterocycles. The van der Waals surface area contributed by atoms with Crippen molar-refractivity contribution in [3.8, 4) is 0 Å². The van der Waals surface area contributed by atoms with E-state index in [0.29, 0.717) is 6.04 Å². The van der Waals surface area contributed by atoms with Gasteiger partial charge in [0.2, 0.25) is 0 Å². The van der Waals surface area contributed by atoms with Gasteiger partial charge < -0.3 is 9.52 Å². The summed E-state index contributed by atoms with van der Waals surface area (Å²) in [6.45, 7) is 5.59. The summed E-state index contributed by atoms with van der Waals surface area (Å²) in [5, 5.41) is 18.3. The van der Waals surface area contributed by atoms with Crippen LogP contribution in [0.4, 0.5) is 0 Å². The first-order chi connectivity index (χ1) is 11.8. The Balaban J connectivity index is 1.28. The number of furan rings is 1. The van der Waals surface area contributed by atoms with Crippen LogP contribution in [-0.2, 0) is 13.1 Å². The summed E-state index contributed by atoms with van der Waals surface area (Å²) in [7, 11) is 0. The van der Waals surface area contributed by atoms with Gasteiger partial charge in [0.15, 0.2) is 0 Å². The van der Waals surface area contributed by atoms with Crippen molar-refractivity contribution in [1.82, 2.24) is 24.8 Å². The van der Waals surface area contributed by atoms with Crippen LogP contribution < -0.4 is 0 Å². The molecule has 7 nitrogen and oxygen atoms in total. The fraction of sp³-hybridized carbons (Fsp3) is 0.647. The fourth-order valence-electron chi connectivity index (χ4n) is 3.73. The molecule has 24 heavy (non-hydrogen) atoms. The summed E-state index contributed by atoms with van der Waals surface area (Å²) in [6, 6.07) is 2.47. The van der Waals surface area contributed by atoms with E-state index in [1.807, 2.05) is 17.0 Å². The highest BCUT2D eigenvalue weighted by atomic mass is 16.3. The SMILES string of the molecule is O[C@@H]1CCN(Cc2cn(C3CCN(Cc4ccoc4)CC3)nn2)C1. The van der Waals surface area contributed by atoms with Crippen LogP contribution in [0.1, 0.15) is 36.6 Å². The van der Waals surface area contributed by atoms with E-state index in [9.17, 15) is 5.11 Å². The van der Waals surface area contributed by atoms with Gasteiger partial charge in [-0.15, -0.1) is 5.10 Å². The number of β-amino-alcohol motifs (C(OH)–C–C–N with tert-alkyl or cyclic N) is 1. The molecule has 2 aromatic rings. The summed E-state index contributed by atoms with van der Waals surface area (Å²) in [5.74, 6) is 0. The Kier molecular flexibility index (Phi) is 4.64. The Hall–Kier alpha value is -1.70. The van der Waals surface area contributed by atoms with Gasteiger partial charge in [-0.2, -0.15) is 0 Å². The van der Waals surface area contributed by atoms with Crippen molar-refractivity contribution in [2.45, 2.75) is 44.5 Å². The molecule has 0 amide bonds. The third-order valence-electron chi connectivity index (χ3n) is 5.11. The van der Waals surface area contributed by atoms with Gasteiger partial charge in [-0.3, -0.25) is 9.80 Å². The Morgan fingerprint density at radius 3 is 2.67 bits per heavy atom. The summed E-state index contributed by atoms with van der Waals surface area (Å²) in [4.78, 5) is 4.71. The van der Waals surface area contributed by atoms with Crippen molar-refractivity contribution in [3.63, 3.8) is 0 Å². The van der Waals surface area contributed by atoms with Crippen molar-refractivity contribution < 1.29 is 9.52 Å². The number of piperidine rings is 1. The zero-order valence-corrected chi connectivity index (χ0v) is 13.9. The van der Waals surface area contributed by atoms with Gasteiger partial charge in [0.25, 0.3) is 0 Å². The third-order valence-corrected chi connectivity index (χ3v) is 5.11. The lowest BCUT2D eigenvalue weighted by molar-refractivity contribution is 0.171. The van der Waals surface area contributed by atoms with Crippen molar-refractivity contribution >= 4 is 0 Å². The molecule has 7 heteroatoms. The summed E-state index contributed by atoms with van der Waals surface area (Å²) >= 11 is 0. The first-order valence-electron chi connectivity index (χ1n) is 8.81. The second kappa shape index (κ2) is 7.04. The number of likely N-dealkylation sites (tertiary alicyclic amines) is 2. The van der Waals surface area contributed by atoms with Gasteiger partial charge in [-0.05, 0) is 25.3 Å². The van der Waals surface area contributed by atoms with E-state index in [-0.39, 0.29) is 6.10 Å².